The molecule has 0 aromatic rings. The van der Waals surface area contributed by atoms with Gasteiger partial charge in [0.1, 0.15) is 0 Å². The van der Waals surface area contributed by atoms with Gasteiger partial charge >= 0.3 is 0 Å². The van der Waals surface area contributed by atoms with Crippen molar-refractivity contribution in [3.8, 4) is 11.8 Å². The summed E-state index contributed by atoms with van der Waals surface area (Å²) in [5.41, 5.74) is 8.49. The Morgan fingerprint density at radius 2 is 2.23 bits per heavy atom. The van der Waals surface area contributed by atoms with E-state index >= 15 is 0 Å². The Bertz CT molecular complexity index is 286. The summed E-state index contributed by atoms with van der Waals surface area (Å²) in [6, 6.07) is 0.0155. The van der Waals surface area contributed by atoms with Crippen LogP contribution in [0.15, 0.2) is 23.3 Å². The lowest BCUT2D eigenvalue weighted by atomic mass is 10.1. The van der Waals surface area contributed by atoms with Gasteiger partial charge in [0.2, 0.25) is 0 Å². The van der Waals surface area contributed by atoms with E-state index in [1.54, 1.807) is 0 Å². The van der Waals surface area contributed by atoms with Crippen LogP contribution >= 0.6 is 0 Å². The van der Waals surface area contributed by atoms with Crippen molar-refractivity contribution in [3.63, 3.8) is 0 Å². The second-order valence-corrected chi connectivity index (χ2v) is 3.60. The van der Waals surface area contributed by atoms with Gasteiger partial charge in [0.05, 0.1) is 6.04 Å². The van der Waals surface area contributed by atoms with Crippen LogP contribution in [0.1, 0.15) is 33.1 Å². The van der Waals surface area contributed by atoms with Crippen LogP contribution in [0, 0.1) is 11.8 Å². The largest absolute Gasteiger partial charge is 0.317 e. The van der Waals surface area contributed by atoms with Crippen LogP contribution in [-0.4, -0.2) is 6.04 Å². The molecule has 1 heteroatoms. The maximum Gasteiger partial charge on any atom is 0.0699 e. The molecule has 0 saturated carbocycles. The topological polar surface area (TPSA) is 26.0 Å². The first kappa shape index (κ1) is 10.1. The zero-order valence-electron chi connectivity index (χ0n) is 8.43. The van der Waals surface area contributed by atoms with Crippen molar-refractivity contribution in [1.29, 1.82) is 0 Å². The summed E-state index contributed by atoms with van der Waals surface area (Å²) in [7, 11) is 0. The molecule has 0 bridgehead atoms. The van der Waals surface area contributed by atoms with Crippen molar-refractivity contribution in [3.05, 3.63) is 23.3 Å². The van der Waals surface area contributed by atoms with E-state index in [-0.39, 0.29) is 6.04 Å². The maximum absolute atomic E-state index is 5.78. The van der Waals surface area contributed by atoms with Gasteiger partial charge in [-0.1, -0.05) is 29.2 Å². The van der Waals surface area contributed by atoms with E-state index in [2.05, 4.69) is 37.8 Å². The number of nitrogens with two attached hydrogens (primary N) is 1. The number of rotatable bonds is 0. The van der Waals surface area contributed by atoms with Gasteiger partial charge in [-0.3, -0.25) is 0 Å². The first-order valence-electron chi connectivity index (χ1n) is 4.76. The highest BCUT2D eigenvalue weighted by atomic mass is 14.6. The molecule has 0 radical (unpaired) electrons. The van der Waals surface area contributed by atoms with E-state index in [9.17, 15) is 0 Å². The summed E-state index contributed by atoms with van der Waals surface area (Å²) in [5, 5.41) is 0. The minimum absolute atomic E-state index is 0.0155. The summed E-state index contributed by atoms with van der Waals surface area (Å²) in [4.78, 5) is 0. The van der Waals surface area contributed by atoms with Gasteiger partial charge in [-0.25, -0.2) is 0 Å². The standard InChI is InChI=1S/C12H17N/c1-10-5-3-4-6-12(13)8-7-11(2)9-10/h7,9,12H,3,5,8,13H2,1-2H3/b10-9-,11-7-. The second-order valence-electron chi connectivity index (χ2n) is 3.60. The van der Waals surface area contributed by atoms with Crippen molar-refractivity contribution in [1.82, 2.24) is 0 Å². The van der Waals surface area contributed by atoms with Gasteiger partial charge in [-0.2, -0.15) is 0 Å². The first-order chi connectivity index (χ1) is 6.18. The first-order valence-corrected chi connectivity index (χ1v) is 4.76. The molecular formula is C12H17N. The van der Waals surface area contributed by atoms with Crippen LogP contribution in [0.4, 0.5) is 0 Å². The van der Waals surface area contributed by atoms with Crippen molar-refractivity contribution in [2.24, 2.45) is 5.73 Å². The Labute approximate surface area is 80.7 Å². The number of allylic oxidation sites excluding steroid dienone is 3. The summed E-state index contributed by atoms with van der Waals surface area (Å²) in [6.07, 6.45) is 7.24. The lowest BCUT2D eigenvalue weighted by Crippen LogP contribution is -2.16. The Hall–Kier alpha value is -1.00. The highest BCUT2D eigenvalue weighted by Crippen LogP contribution is 2.09. The van der Waals surface area contributed by atoms with Crippen LogP contribution in [0.25, 0.3) is 0 Å². The van der Waals surface area contributed by atoms with Gasteiger partial charge in [-0.05, 0) is 26.7 Å². The highest BCUT2D eigenvalue weighted by Gasteiger charge is 1.97. The van der Waals surface area contributed by atoms with Crippen molar-refractivity contribution >= 4 is 0 Å². The third-order valence-electron chi connectivity index (χ3n) is 2.10. The minimum atomic E-state index is 0.0155. The van der Waals surface area contributed by atoms with E-state index in [1.165, 1.54) is 11.1 Å². The molecule has 0 spiro atoms. The van der Waals surface area contributed by atoms with Crippen LogP contribution in [0.3, 0.4) is 0 Å². The lowest BCUT2D eigenvalue weighted by Gasteiger charge is -2.03. The quantitative estimate of drug-likeness (QED) is 0.562. The molecule has 0 aromatic heterocycles. The number of hydrogen-bond donors (Lipinski definition) is 1. The molecule has 0 heterocycles. The number of hydrogen-bond acceptors (Lipinski definition) is 1. The molecule has 0 aromatic carbocycles. The van der Waals surface area contributed by atoms with Crippen molar-refractivity contribution in [2.45, 2.75) is 39.2 Å². The van der Waals surface area contributed by atoms with Crippen LogP contribution in [0.2, 0.25) is 0 Å². The molecule has 1 nitrogen and oxygen atoms in total. The third kappa shape index (κ3) is 3.96. The molecular weight excluding hydrogens is 158 g/mol. The van der Waals surface area contributed by atoms with Gasteiger partial charge in [0.25, 0.3) is 0 Å². The molecule has 0 saturated heterocycles. The Balaban J connectivity index is 2.76. The van der Waals surface area contributed by atoms with Crippen LogP contribution < -0.4 is 5.73 Å². The van der Waals surface area contributed by atoms with Crippen LogP contribution in [0.5, 0.6) is 0 Å². The predicted octanol–water partition coefficient (Wildman–Crippen LogP) is 2.39. The fourth-order valence-corrected chi connectivity index (χ4v) is 1.35. The van der Waals surface area contributed by atoms with E-state index < -0.39 is 0 Å². The predicted molar refractivity (Wildman–Crippen MR) is 57.1 cm³/mol. The molecule has 1 atom stereocenters. The molecule has 70 valence electrons. The Morgan fingerprint density at radius 1 is 1.46 bits per heavy atom. The van der Waals surface area contributed by atoms with E-state index in [1.807, 2.05) is 0 Å². The smallest absolute Gasteiger partial charge is 0.0699 e. The molecule has 1 aliphatic rings. The lowest BCUT2D eigenvalue weighted by molar-refractivity contribution is 0.851. The second kappa shape index (κ2) is 4.89. The van der Waals surface area contributed by atoms with E-state index in [4.69, 9.17) is 5.73 Å². The fourth-order valence-electron chi connectivity index (χ4n) is 1.35. The molecule has 1 aliphatic carbocycles. The van der Waals surface area contributed by atoms with E-state index in [0.717, 1.165) is 19.3 Å². The van der Waals surface area contributed by atoms with Crippen LogP contribution in [-0.2, 0) is 0 Å². The monoisotopic (exact) mass is 175 g/mol. The Kier molecular flexibility index (Phi) is 3.79. The molecule has 2 N–H and O–H groups in total. The van der Waals surface area contributed by atoms with Gasteiger partial charge in [0.15, 0.2) is 0 Å². The van der Waals surface area contributed by atoms with E-state index in [0.29, 0.717) is 0 Å². The molecule has 1 unspecified atom stereocenters. The highest BCUT2D eigenvalue weighted by molar-refractivity contribution is 5.23. The minimum Gasteiger partial charge on any atom is -0.317 e. The van der Waals surface area contributed by atoms with Gasteiger partial charge < -0.3 is 5.73 Å². The molecule has 13 heavy (non-hydrogen) atoms. The maximum atomic E-state index is 5.78. The summed E-state index contributed by atoms with van der Waals surface area (Å²) in [6.45, 7) is 4.27. The zero-order chi connectivity index (χ0) is 9.68. The third-order valence-corrected chi connectivity index (χ3v) is 2.10. The molecule has 0 aliphatic heterocycles. The SMILES string of the molecule is CC1=C/CC(N)C#CCC/C(C)=C\1. The zero-order valence-corrected chi connectivity index (χ0v) is 8.43. The normalized spacial score (nSPS) is 31.8. The van der Waals surface area contributed by atoms with Gasteiger partial charge in [0, 0.05) is 6.42 Å². The molecule has 1 rings (SSSR count). The average molecular weight is 175 g/mol. The summed E-state index contributed by atoms with van der Waals surface area (Å²) >= 11 is 0. The van der Waals surface area contributed by atoms with Crippen molar-refractivity contribution < 1.29 is 0 Å². The molecule has 0 fully saturated rings. The summed E-state index contributed by atoms with van der Waals surface area (Å²) < 4.78 is 0. The van der Waals surface area contributed by atoms with Crippen molar-refractivity contribution in [2.75, 3.05) is 0 Å². The summed E-state index contributed by atoms with van der Waals surface area (Å²) in [5.74, 6) is 6.15. The molecule has 0 amide bonds. The van der Waals surface area contributed by atoms with Gasteiger partial charge in [-0.15, -0.1) is 5.92 Å². The average Bonchev–Trinajstić information content (AvgIpc) is 2.08. The Morgan fingerprint density at radius 3 is 3.00 bits per heavy atom. The fraction of sp³-hybridized carbons (Fsp3) is 0.500.